The van der Waals surface area contributed by atoms with Gasteiger partial charge < -0.3 is 10.1 Å². The number of rotatable bonds is 5. The summed E-state index contributed by atoms with van der Waals surface area (Å²) in [5.74, 6) is 0.882. The highest BCUT2D eigenvalue weighted by atomic mass is 16.5. The summed E-state index contributed by atoms with van der Waals surface area (Å²) in [5, 5.41) is 3.54. The lowest BCUT2D eigenvalue weighted by molar-refractivity contribution is 0.413. The average Bonchev–Trinajstić information content (AvgIpc) is 2.43. The van der Waals surface area contributed by atoms with Crippen LogP contribution in [0.1, 0.15) is 35.5 Å². The molecule has 0 amide bonds. The van der Waals surface area contributed by atoms with Gasteiger partial charge in [0.05, 0.1) is 13.2 Å². The van der Waals surface area contributed by atoms with Gasteiger partial charge in [0.25, 0.3) is 0 Å². The van der Waals surface area contributed by atoms with E-state index in [4.69, 9.17) is 4.74 Å². The molecule has 1 heterocycles. The quantitative estimate of drug-likeness (QED) is 0.904. The molecule has 1 unspecified atom stereocenters. The number of aromatic nitrogens is 1. The Morgan fingerprint density at radius 2 is 1.80 bits per heavy atom. The van der Waals surface area contributed by atoms with Crippen LogP contribution in [0.4, 0.5) is 0 Å². The fourth-order valence-electron chi connectivity index (χ4n) is 2.49. The first-order valence-electron chi connectivity index (χ1n) is 6.96. The van der Waals surface area contributed by atoms with Gasteiger partial charge in [0.15, 0.2) is 0 Å². The molecule has 0 fully saturated rings. The van der Waals surface area contributed by atoms with Crippen LogP contribution in [0.2, 0.25) is 0 Å². The molecule has 1 atom stereocenters. The number of pyridine rings is 1. The highest BCUT2D eigenvalue weighted by Crippen LogP contribution is 2.26. The van der Waals surface area contributed by atoms with Gasteiger partial charge in [-0.1, -0.05) is 19.1 Å². The van der Waals surface area contributed by atoms with Crippen molar-refractivity contribution in [1.29, 1.82) is 0 Å². The first-order valence-corrected chi connectivity index (χ1v) is 6.96. The van der Waals surface area contributed by atoms with E-state index in [-0.39, 0.29) is 6.04 Å². The molecule has 3 nitrogen and oxygen atoms in total. The van der Waals surface area contributed by atoms with E-state index in [2.05, 4.69) is 41.5 Å². The van der Waals surface area contributed by atoms with Crippen LogP contribution in [0.25, 0.3) is 0 Å². The Labute approximate surface area is 121 Å². The number of ether oxygens (including phenoxy) is 1. The van der Waals surface area contributed by atoms with E-state index in [0.29, 0.717) is 0 Å². The fourth-order valence-corrected chi connectivity index (χ4v) is 2.49. The summed E-state index contributed by atoms with van der Waals surface area (Å²) in [7, 11) is 1.70. The van der Waals surface area contributed by atoms with Crippen LogP contribution in [0.15, 0.2) is 36.4 Å². The number of methoxy groups -OCH3 is 1. The predicted octanol–water partition coefficient (Wildman–Crippen LogP) is 3.41. The summed E-state index contributed by atoms with van der Waals surface area (Å²) in [5.41, 5.74) is 4.54. The summed E-state index contributed by atoms with van der Waals surface area (Å²) in [6, 6.07) is 12.6. The Hall–Kier alpha value is -1.87. The molecule has 2 aromatic rings. The van der Waals surface area contributed by atoms with Crippen LogP contribution >= 0.6 is 0 Å². The topological polar surface area (TPSA) is 34.1 Å². The third-order valence-corrected chi connectivity index (χ3v) is 3.27. The molecular formula is C17H22N2O. The maximum atomic E-state index is 5.33. The Morgan fingerprint density at radius 1 is 1.10 bits per heavy atom. The van der Waals surface area contributed by atoms with E-state index in [9.17, 15) is 0 Å². The second-order valence-corrected chi connectivity index (χ2v) is 4.95. The van der Waals surface area contributed by atoms with Crippen molar-refractivity contribution in [1.82, 2.24) is 10.3 Å². The molecule has 1 N–H and O–H groups in total. The molecule has 0 saturated heterocycles. The third-order valence-electron chi connectivity index (χ3n) is 3.27. The molecule has 1 aromatic carbocycles. The zero-order chi connectivity index (χ0) is 14.5. The van der Waals surface area contributed by atoms with Crippen molar-refractivity contribution in [3.05, 3.63) is 58.9 Å². The summed E-state index contributed by atoms with van der Waals surface area (Å²) >= 11 is 0. The van der Waals surface area contributed by atoms with Gasteiger partial charge in [0, 0.05) is 11.4 Å². The molecule has 0 aliphatic carbocycles. The van der Waals surface area contributed by atoms with Crippen molar-refractivity contribution in [2.45, 2.75) is 26.8 Å². The number of benzene rings is 1. The molecule has 0 aliphatic heterocycles. The normalized spacial score (nSPS) is 12.2. The molecule has 1 aromatic heterocycles. The molecule has 0 spiro atoms. The lowest BCUT2D eigenvalue weighted by Crippen LogP contribution is -2.22. The van der Waals surface area contributed by atoms with Crippen molar-refractivity contribution >= 4 is 0 Å². The Bertz CT molecular complexity index is 561. The van der Waals surface area contributed by atoms with Crippen molar-refractivity contribution in [3.8, 4) is 5.75 Å². The number of hydrogen-bond acceptors (Lipinski definition) is 3. The lowest BCUT2D eigenvalue weighted by Gasteiger charge is -2.20. The molecule has 0 bridgehead atoms. The average molecular weight is 270 g/mol. The van der Waals surface area contributed by atoms with E-state index in [1.54, 1.807) is 7.11 Å². The zero-order valence-corrected chi connectivity index (χ0v) is 12.6. The van der Waals surface area contributed by atoms with Crippen LogP contribution in [0.3, 0.4) is 0 Å². The lowest BCUT2D eigenvalue weighted by atomic mass is 9.98. The van der Waals surface area contributed by atoms with Gasteiger partial charge in [-0.05, 0) is 55.8 Å². The van der Waals surface area contributed by atoms with Gasteiger partial charge in [0.2, 0.25) is 0 Å². The van der Waals surface area contributed by atoms with Crippen LogP contribution in [0.5, 0.6) is 5.75 Å². The minimum absolute atomic E-state index is 0.162. The SMILES string of the molecule is CCNC(c1cccc(OC)c1)c1cc(C)nc(C)c1. The van der Waals surface area contributed by atoms with E-state index in [1.807, 2.05) is 26.0 Å². The first kappa shape index (κ1) is 14.5. The van der Waals surface area contributed by atoms with E-state index in [1.165, 1.54) is 11.1 Å². The maximum absolute atomic E-state index is 5.33. The summed E-state index contributed by atoms with van der Waals surface area (Å²) in [4.78, 5) is 4.45. The number of nitrogens with zero attached hydrogens (tertiary/aromatic N) is 1. The van der Waals surface area contributed by atoms with E-state index >= 15 is 0 Å². The number of hydrogen-bond donors (Lipinski definition) is 1. The standard InChI is InChI=1S/C17H22N2O/c1-5-18-17(14-7-6-8-16(11-14)20-4)15-9-12(2)19-13(3)10-15/h6-11,17-18H,5H2,1-4H3. The molecule has 20 heavy (non-hydrogen) atoms. The minimum atomic E-state index is 0.162. The Morgan fingerprint density at radius 3 is 2.40 bits per heavy atom. The van der Waals surface area contributed by atoms with Crippen LogP contribution < -0.4 is 10.1 Å². The van der Waals surface area contributed by atoms with Gasteiger partial charge in [-0.2, -0.15) is 0 Å². The molecule has 0 aliphatic rings. The van der Waals surface area contributed by atoms with Gasteiger partial charge in [-0.25, -0.2) is 0 Å². The second-order valence-electron chi connectivity index (χ2n) is 4.95. The van der Waals surface area contributed by atoms with Crippen molar-refractivity contribution < 1.29 is 4.74 Å². The maximum Gasteiger partial charge on any atom is 0.119 e. The first-order chi connectivity index (χ1) is 9.63. The van der Waals surface area contributed by atoms with E-state index < -0.39 is 0 Å². The molecule has 3 heteroatoms. The minimum Gasteiger partial charge on any atom is -0.497 e. The molecule has 2 rings (SSSR count). The molecule has 0 radical (unpaired) electrons. The predicted molar refractivity (Wildman–Crippen MR) is 82.2 cm³/mol. The van der Waals surface area contributed by atoms with Gasteiger partial charge in [0.1, 0.15) is 5.75 Å². The molecule has 106 valence electrons. The van der Waals surface area contributed by atoms with E-state index in [0.717, 1.165) is 23.7 Å². The van der Waals surface area contributed by atoms with Crippen molar-refractivity contribution in [2.24, 2.45) is 0 Å². The Balaban J connectivity index is 2.43. The highest BCUT2D eigenvalue weighted by Gasteiger charge is 2.14. The van der Waals surface area contributed by atoms with Gasteiger partial charge in [-0.15, -0.1) is 0 Å². The zero-order valence-electron chi connectivity index (χ0n) is 12.6. The molecule has 0 saturated carbocycles. The van der Waals surface area contributed by atoms with Crippen LogP contribution in [-0.2, 0) is 0 Å². The number of aryl methyl sites for hydroxylation is 2. The second kappa shape index (κ2) is 6.53. The summed E-state index contributed by atoms with van der Waals surface area (Å²) in [6.45, 7) is 7.09. The largest absolute Gasteiger partial charge is 0.497 e. The Kier molecular flexibility index (Phi) is 4.74. The smallest absolute Gasteiger partial charge is 0.119 e. The monoisotopic (exact) mass is 270 g/mol. The van der Waals surface area contributed by atoms with Crippen molar-refractivity contribution in [2.75, 3.05) is 13.7 Å². The van der Waals surface area contributed by atoms with Gasteiger partial charge in [-0.3, -0.25) is 4.98 Å². The number of nitrogens with one attached hydrogen (secondary N) is 1. The summed E-state index contributed by atoms with van der Waals surface area (Å²) < 4.78 is 5.33. The van der Waals surface area contributed by atoms with Crippen molar-refractivity contribution in [3.63, 3.8) is 0 Å². The molecular weight excluding hydrogens is 248 g/mol. The van der Waals surface area contributed by atoms with Crippen LogP contribution in [-0.4, -0.2) is 18.6 Å². The van der Waals surface area contributed by atoms with Crippen LogP contribution in [0, 0.1) is 13.8 Å². The fraction of sp³-hybridized carbons (Fsp3) is 0.353. The highest BCUT2D eigenvalue weighted by molar-refractivity contribution is 5.37. The third kappa shape index (κ3) is 3.36. The van der Waals surface area contributed by atoms with Gasteiger partial charge >= 0.3 is 0 Å². The summed E-state index contributed by atoms with van der Waals surface area (Å²) in [6.07, 6.45) is 0.